The molecule has 3 aromatic rings. The first-order valence-corrected chi connectivity index (χ1v) is 10.8. The van der Waals surface area contributed by atoms with Crippen molar-refractivity contribution in [2.45, 2.75) is 40.5 Å². The summed E-state index contributed by atoms with van der Waals surface area (Å²) < 4.78 is 1.87. The predicted octanol–water partition coefficient (Wildman–Crippen LogP) is 3.14. The Balaban J connectivity index is 1.35. The summed E-state index contributed by atoms with van der Waals surface area (Å²) in [4.78, 5) is 33.2. The van der Waals surface area contributed by atoms with Crippen LogP contribution in [0.15, 0.2) is 30.3 Å². The van der Waals surface area contributed by atoms with Crippen molar-refractivity contribution in [1.82, 2.24) is 19.5 Å². The minimum Gasteiger partial charge on any atom is -0.368 e. The van der Waals surface area contributed by atoms with Crippen molar-refractivity contribution in [2.24, 2.45) is 0 Å². The van der Waals surface area contributed by atoms with Crippen LogP contribution >= 0.6 is 0 Å². The summed E-state index contributed by atoms with van der Waals surface area (Å²) in [5.74, 6) is 0.256. The molecule has 162 valence electrons. The van der Waals surface area contributed by atoms with Gasteiger partial charge in [0.25, 0.3) is 0 Å². The van der Waals surface area contributed by atoms with Crippen molar-refractivity contribution in [3.63, 3.8) is 0 Å². The van der Waals surface area contributed by atoms with Gasteiger partial charge in [0.2, 0.25) is 5.91 Å². The topological polar surface area (TPSA) is 70.8 Å². The highest BCUT2D eigenvalue weighted by atomic mass is 16.2. The molecule has 1 amide bonds. The molecule has 1 aromatic carbocycles. The molecule has 7 nitrogen and oxygen atoms in total. The number of piperazine rings is 1. The molecule has 0 radical (unpaired) electrons. The van der Waals surface area contributed by atoms with Gasteiger partial charge in [-0.25, -0.2) is 9.50 Å². The lowest BCUT2D eigenvalue weighted by atomic mass is 10.1. The monoisotopic (exact) mass is 419 g/mol. The number of Topliss-reactive ketones (excluding diaryl/α,β-unsaturated/α-hetero) is 1. The molecule has 0 atom stereocenters. The van der Waals surface area contributed by atoms with Crippen molar-refractivity contribution in [1.29, 1.82) is 0 Å². The Morgan fingerprint density at radius 1 is 1.00 bits per heavy atom. The molecule has 1 aliphatic rings. The standard InChI is InChI=1S/C24H29N5O2/c1-16-15-23-25-17(2)22(18(3)29(23)26-16)9-10-24(31)28-13-11-27(12-14-28)21-7-5-20(6-8-21)19(4)30/h5-8,15H,9-14H2,1-4H3. The van der Waals surface area contributed by atoms with Crippen LogP contribution in [0.5, 0.6) is 0 Å². The summed E-state index contributed by atoms with van der Waals surface area (Å²) in [6.07, 6.45) is 1.15. The van der Waals surface area contributed by atoms with Crippen LogP contribution in [0.2, 0.25) is 0 Å². The normalized spacial score (nSPS) is 14.3. The summed E-state index contributed by atoms with van der Waals surface area (Å²) in [7, 11) is 0. The van der Waals surface area contributed by atoms with E-state index in [1.807, 2.05) is 60.5 Å². The van der Waals surface area contributed by atoms with E-state index in [0.717, 1.165) is 52.6 Å². The molecular weight excluding hydrogens is 390 g/mol. The van der Waals surface area contributed by atoms with E-state index in [9.17, 15) is 9.59 Å². The minimum atomic E-state index is 0.0736. The molecule has 7 heteroatoms. The Morgan fingerprint density at radius 2 is 1.68 bits per heavy atom. The zero-order chi connectivity index (χ0) is 22.1. The summed E-state index contributed by atoms with van der Waals surface area (Å²) in [6, 6.07) is 9.68. The van der Waals surface area contributed by atoms with Gasteiger partial charge in [-0.3, -0.25) is 9.59 Å². The fourth-order valence-electron chi connectivity index (χ4n) is 4.31. The van der Waals surface area contributed by atoms with Gasteiger partial charge in [0.1, 0.15) is 0 Å². The number of nitrogens with zero attached hydrogens (tertiary/aromatic N) is 5. The van der Waals surface area contributed by atoms with Crippen LogP contribution in [0.3, 0.4) is 0 Å². The Kier molecular flexibility index (Phi) is 5.76. The van der Waals surface area contributed by atoms with Crippen LogP contribution in [0.1, 0.15) is 46.3 Å². The third-order valence-electron chi connectivity index (χ3n) is 6.15. The molecule has 4 rings (SSSR count). The largest absolute Gasteiger partial charge is 0.368 e. The van der Waals surface area contributed by atoms with Gasteiger partial charge in [-0.2, -0.15) is 5.10 Å². The summed E-state index contributed by atoms with van der Waals surface area (Å²) in [5.41, 5.74) is 6.75. The van der Waals surface area contributed by atoms with Crippen molar-refractivity contribution in [3.8, 4) is 0 Å². The molecule has 0 unspecified atom stereocenters. The third kappa shape index (κ3) is 4.31. The van der Waals surface area contributed by atoms with E-state index in [0.29, 0.717) is 25.9 Å². The number of hydrogen-bond donors (Lipinski definition) is 0. The van der Waals surface area contributed by atoms with Gasteiger partial charge in [-0.05, 0) is 63.9 Å². The second-order valence-corrected chi connectivity index (χ2v) is 8.29. The number of hydrogen-bond acceptors (Lipinski definition) is 5. The number of benzene rings is 1. The number of carbonyl (C=O) groups is 2. The Labute approximate surface area is 182 Å². The number of rotatable bonds is 5. The summed E-state index contributed by atoms with van der Waals surface area (Å²) in [6.45, 7) is 10.6. The van der Waals surface area contributed by atoms with Crippen molar-refractivity contribution >= 4 is 23.0 Å². The number of aryl methyl sites for hydroxylation is 3. The van der Waals surface area contributed by atoms with Crippen molar-refractivity contribution in [3.05, 3.63) is 58.5 Å². The number of ketones is 1. The average molecular weight is 420 g/mol. The molecule has 0 saturated carbocycles. The number of fused-ring (bicyclic) bond motifs is 1. The predicted molar refractivity (Wildman–Crippen MR) is 121 cm³/mol. The average Bonchev–Trinajstić information content (AvgIpc) is 3.14. The fraction of sp³-hybridized carbons (Fsp3) is 0.417. The fourth-order valence-corrected chi connectivity index (χ4v) is 4.31. The summed E-state index contributed by atoms with van der Waals surface area (Å²) >= 11 is 0. The van der Waals surface area contributed by atoms with Gasteiger partial charge in [-0.15, -0.1) is 0 Å². The lowest BCUT2D eigenvalue weighted by Gasteiger charge is -2.36. The molecule has 0 aliphatic carbocycles. The van der Waals surface area contributed by atoms with Gasteiger partial charge in [0, 0.05) is 61.3 Å². The zero-order valence-corrected chi connectivity index (χ0v) is 18.7. The quantitative estimate of drug-likeness (QED) is 0.594. The minimum absolute atomic E-state index is 0.0736. The number of anilines is 1. The van der Waals surface area contributed by atoms with Crippen LogP contribution in [0.25, 0.3) is 5.65 Å². The molecular formula is C24H29N5O2. The molecule has 1 saturated heterocycles. The van der Waals surface area contributed by atoms with Crippen LogP contribution in [-0.4, -0.2) is 57.4 Å². The Bertz CT molecular complexity index is 1130. The van der Waals surface area contributed by atoms with Crippen molar-refractivity contribution in [2.75, 3.05) is 31.1 Å². The maximum atomic E-state index is 12.9. The maximum Gasteiger partial charge on any atom is 0.223 e. The molecule has 31 heavy (non-hydrogen) atoms. The lowest BCUT2D eigenvalue weighted by molar-refractivity contribution is -0.131. The molecule has 3 heterocycles. The number of carbonyl (C=O) groups excluding carboxylic acids is 2. The molecule has 1 fully saturated rings. The lowest BCUT2D eigenvalue weighted by Crippen LogP contribution is -2.48. The molecule has 1 aliphatic heterocycles. The van der Waals surface area contributed by atoms with Gasteiger partial charge in [0.05, 0.1) is 5.69 Å². The highest BCUT2D eigenvalue weighted by Gasteiger charge is 2.22. The van der Waals surface area contributed by atoms with E-state index in [4.69, 9.17) is 0 Å². The molecule has 2 aromatic heterocycles. The van der Waals surface area contributed by atoms with Crippen molar-refractivity contribution < 1.29 is 9.59 Å². The van der Waals surface area contributed by atoms with Gasteiger partial charge in [-0.1, -0.05) is 0 Å². The van der Waals surface area contributed by atoms with Crippen LogP contribution in [0, 0.1) is 20.8 Å². The van der Waals surface area contributed by atoms with Gasteiger partial charge in [0.15, 0.2) is 11.4 Å². The zero-order valence-electron chi connectivity index (χ0n) is 18.7. The van der Waals surface area contributed by atoms with E-state index >= 15 is 0 Å². The van der Waals surface area contributed by atoms with E-state index in [1.165, 1.54) is 0 Å². The molecule has 0 N–H and O–H groups in total. The summed E-state index contributed by atoms with van der Waals surface area (Å²) in [5, 5.41) is 4.52. The first kappa shape index (κ1) is 21.0. The van der Waals surface area contributed by atoms with Crippen LogP contribution in [0.4, 0.5) is 5.69 Å². The van der Waals surface area contributed by atoms with E-state index in [1.54, 1.807) is 6.92 Å². The maximum absolute atomic E-state index is 12.9. The highest BCUT2D eigenvalue weighted by molar-refractivity contribution is 5.94. The highest BCUT2D eigenvalue weighted by Crippen LogP contribution is 2.20. The van der Waals surface area contributed by atoms with E-state index < -0.39 is 0 Å². The first-order chi connectivity index (χ1) is 14.8. The second-order valence-electron chi connectivity index (χ2n) is 8.29. The molecule has 0 spiro atoms. The van der Waals surface area contributed by atoms with Crippen LogP contribution in [-0.2, 0) is 11.2 Å². The van der Waals surface area contributed by atoms with E-state index in [2.05, 4.69) is 15.0 Å². The third-order valence-corrected chi connectivity index (χ3v) is 6.15. The Morgan fingerprint density at radius 3 is 2.32 bits per heavy atom. The molecule has 0 bridgehead atoms. The van der Waals surface area contributed by atoms with E-state index in [-0.39, 0.29) is 11.7 Å². The first-order valence-electron chi connectivity index (χ1n) is 10.8. The second kappa shape index (κ2) is 8.49. The SMILES string of the molecule is CC(=O)c1ccc(N2CCN(C(=O)CCc3c(C)nc4cc(C)nn4c3C)CC2)cc1. The smallest absolute Gasteiger partial charge is 0.223 e. The number of aromatic nitrogens is 3. The van der Waals surface area contributed by atoms with Crippen LogP contribution < -0.4 is 4.90 Å². The number of amides is 1. The van der Waals surface area contributed by atoms with Gasteiger partial charge >= 0.3 is 0 Å². The van der Waals surface area contributed by atoms with Gasteiger partial charge < -0.3 is 9.80 Å². The Hall–Kier alpha value is -3.22.